The monoisotopic (exact) mass is 379 g/mol. The molecule has 1 N–H and O–H groups in total. The minimum absolute atomic E-state index is 0.0261. The van der Waals surface area contributed by atoms with E-state index in [0.29, 0.717) is 11.1 Å². The van der Waals surface area contributed by atoms with Crippen LogP contribution in [0.15, 0.2) is 48.5 Å². The van der Waals surface area contributed by atoms with E-state index in [0.717, 1.165) is 37.4 Å². The maximum Gasteiger partial charge on any atom is 0.255 e. The number of piperazine rings is 1. The Bertz CT molecular complexity index is 845. The Hall–Kier alpha value is -2.66. The second kappa shape index (κ2) is 8.15. The molecule has 0 radical (unpaired) electrons. The number of hydrogen-bond acceptors (Lipinski definition) is 3. The third-order valence-corrected chi connectivity index (χ3v) is 5.17. The van der Waals surface area contributed by atoms with E-state index in [9.17, 15) is 9.59 Å². The van der Waals surface area contributed by atoms with Crippen LogP contribution in [-0.2, 0) is 5.41 Å². The van der Waals surface area contributed by atoms with Crippen LogP contribution in [0, 0.1) is 0 Å². The third-order valence-electron chi connectivity index (χ3n) is 5.17. The molecule has 5 nitrogen and oxygen atoms in total. The Morgan fingerprint density at radius 1 is 0.857 bits per heavy atom. The molecular weight excluding hydrogens is 350 g/mol. The van der Waals surface area contributed by atoms with Gasteiger partial charge in [0.05, 0.1) is 0 Å². The molecule has 1 aliphatic rings. The average Bonchev–Trinajstić information content (AvgIpc) is 2.68. The van der Waals surface area contributed by atoms with Gasteiger partial charge in [-0.3, -0.25) is 9.59 Å². The molecule has 0 aliphatic carbocycles. The first-order valence-corrected chi connectivity index (χ1v) is 9.74. The zero-order valence-electron chi connectivity index (χ0n) is 17.2. The normalized spacial score (nSPS) is 15.4. The summed E-state index contributed by atoms with van der Waals surface area (Å²) in [6.07, 6.45) is 0. The van der Waals surface area contributed by atoms with Crippen molar-refractivity contribution in [2.75, 3.05) is 38.5 Å². The van der Waals surface area contributed by atoms with Crippen LogP contribution in [0.3, 0.4) is 0 Å². The van der Waals surface area contributed by atoms with Gasteiger partial charge in [0.2, 0.25) is 0 Å². The van der Waals surface area contributed by atoms with Gasteiger partial charge in [-0.25, -0.2) is 0 Å². The van der Waals surface area contributed by atoms with Gasteiger partial charge >= 0.3 is 0 Å². The van der Waals surface area contributed by atoms with Crippen molar-refractivity contribution in [3.8, 4) is 0 Å². The molecule has 0 unspecified atom stereocenters. The Labute approximate surface area is 167 Å². The molecule has 0 saturated carbocycles. The fraction of sp³-hybridized carbons (Fsp3) is 0.391. The van der Waals surface area contributed by atoms with E-state index in [1.54, 1.807) is 24.3 Å². The summed E-state index contributed by atoms with van der Waals surface area (Å²) in [6.45, 7) is 9.62. The van der Waals surface area contributed by atoms with Crippen molar-refractivity contribution in [3.63, 3.8) is 0 Å². The lowest BCUT2D eigenvalue weighted by Crippen LogP contribution is -2.47. The molecule has 3 rings (SSSR count). The van der Waals surface area contributed by atoms with Gasteiger partial charge in [-0.05, 0) is 48.4 Å². The molecule has 1 saturated heterocycles. The highest BCUT2D eigenvalue weighted by molar-refractivity contribution is 6.05. The number of anilines is 1. The van der Waals surface area contributed by atoms with Gasteiger partial charge in [-0.1, -0.05) is 39.0 Å². The maximum atomic E-state index is 12.7. The molecule has 0 atom stereocenters. The van der Waals surface area contributed by atoms with E-state index in [2.05, 4.69) is 38.0 Å². The van der Waals surface area contributed by atoms with E-state index in [1.807, 2.05) is 29.2 Å². The van der Waals surface area contributed by atoms with Gasteiger partial charge in [-0.2, -0.15) is 0 Å². The number of carbonyl (C=O) groups is 2. The molecule has 0 bridgehead atoms. The first-order valence-electron chi connectivity index (χ1n) is 9.74. The van der Waals surface area contributed by atoms with Crippen molar-refractivity contribution in [3.05, 3.63) is 65.2 Å². The van der Waals surface area contributed by atoms with Crippen molar-refractivity contribution < 1.29 is 9.59 Å². The van der Waals surface area contributed by atoms with Gasteiger partial charge in [0, 0.05) is 43.0 Å². The number of rotatable bonds is 3. The molecule has 5 heteroatoms. The van der Waals surface area contributed by atoms with E-state index >= 15 is 0 Å². The number of amides is 2. The zero-order valence-corrected chi connectivity index (χ0v) is 17.2. The molecular formula is C23H29N3O2. The van der Waals surface area contributed by atoms with Gasteiger partial charge in [0.1, 0.15) is 0 Å². The number of nitrogens with one attached hydrogen (secondary N) is 1. The highest BCUT2D eigenvalue weighted by atomic mass is 16.2. The summed E-state index contributed by atoms with van der Waals surface area (Å²) in [4.78, 5) is 29.4. The fourth-order valence-electron chi connectivity index (χ4n) is 3.40. The van der Waals surface area contributed by atoms with Crippen molar-refractivity contribution in [2.24, 2.45) is 0 Å². The molecule has 0 aromatic heterocycles. The van der Waals surface area contributed by atoms with E-state index in [1.165, 1.54) is 0 Å². The lowest BCUT2D eigenvalue weighted by Gasteiger charge is -2.32. The summed E-state index contributed by atoms with van der Waals surface area (Å²) in [5.74, 6) is -0.145. The number of carbonyl (C=O) groups excluding carboxylic acids is 2. The van der Waals surface area contributed by atoms with Crippen LogP contribution < -0.4 is 5.32 Å². The summed E-state index contributed by atoms with van der Waals surface area (Å²) in [5, 5.41) is 3.01. The standard InChI is InChI=1S/C23H29N3O2/c1-23(2,3)19-7-5-6-8-20(19)24-21(27)17-9-11-18(12-10-17)22(28)26-15-13-25(4)14-16-26/h5-12H,13-16H2,1-4H3,(H,24,27). The Morgan fingerprint density at radius 3 is 2.04 bits per heavy atom. The van der Waals surface area contributed by atoms with Crippen LogP contribution in [0.4, 0.5) is 5.69 Å². The van der Waals surface area contributed by atoms with Gasteiger partial charge in [0.25, 0.3) is 11.8 Å². The SMILES string of the molecule is CN1CCN(C(=O)c2ccc(C(=O)Nc3ccccc3C(C)(C)C)cc2)CC1. The van der Waals surface area contributed by atoms with Gasteiger partial charge < -0.3 is 15.1 Å². The second-order valence-corrected chi connectivity index (χ2v) is 8.42. The number of likely N-dealkylation sites (N-methyl/N-ethyl adjacent to an activating group) is 1. The summed E-state index contributed by atoms with van der Waals surface area (Å²) < 4.78 is 0. The zero-order chi connectivity index (χ0) is 20.3. The van der Waals surface area contributed by atoms with Crippen molar-refractivity contribution in [1.82, 2.24) is 9.80 Å². The predicted molar refractivity (Wildman–Crippen MR) is 113 cm³/mol. The van der Waals surface area contributed by atoms with Crippen molar-refractivity contribution >= 4 is 17.5 Å². The second-order valence-electron chi connectivity index (χ2n) is 8.42. The van der Waals surface area contributed by atoms with Crippen LogP contribution >= 0.6 is 0 Å². The molecule has 2 aromatic rings. The number of nitrogens with zero attached hydrogens (tertiary/aromatic N) is 2. The molecule has 1 heterocycles. The fourth-order valence-corrected chi connectivity index (χ4v) is 3.40. The number of hydrogen-bond donors (Lipinski definition) is 1. The van der Waals surface area contributed by atoms with Crippen LogP contribution in [0.25, 0.3) is 0 Å². The summed E-state index contributed by atoms with van der Waals surface area (Å²) in [7, 11) is 2.06. The Kier molecular flexibility index (Phi) is 5.84. The van der Waals surface area contributed by atoms with E-state index in [4.69, 9.17) is 0 Å². The lowest BCUT2D eigenvalue weighted by atomic mass is 9.86. The molecule has 0 spiro atoms. The van der Waals surface area contributed by atoms with E-state index in [-0.39, 0.29) is 17.2 Å². The largest absolute Gasteiger partial charge is 0.336 e. The molecule has 28 heavy (non-hydrogen) atoms. The topological polar surface area (TPSA) is 52.7 Å². The Morgan fingerprint density at radius 2 is 1.43 bits per heavy atom. The van der Waals surface area contributed by atoms with Crippen LogP contribution in [0.2, 0.25) is 0 Å². The molecule has 148 valence electrons. The van der Waals surface area contributed by atoms with Crippen LogP contribution in [0.1, 0.15) is 47.1 Å². The van der Waals surface area contributed by atoms with Crippen LogP contribution in [-0.4, -0.2) is 54.8 Å². The van der Waals surface area contributed by atoms with Crippen LogP contribution in [0.5, 0.6) is 0 Å². The molecule has 1 aliphatic heterocycles. The van der Waals surface area contributed by atoms with Gasteiger partial charge in [0.15, 0.2) is 0 Å². The van der Waals surface area contributed by atoms with Crippen molar-refractivity contribution in [1.29, 1.82) is 0 Å². The third kappa shape index (κ3) is 4.60. The van der Waals surface area contributed by atoms with Gasteiger partial charge in [-0.15, -0.1) is 0 Å². The smallest absolute Gasteiger partial charge is 0.255 e. The Balaban J connectivity index is 1.70. The summed E-state index contributed by atoms with van der Waals surface area (Å²) in [5.41, 5.74) is 3.00. The predicted octanol–water partition coefficient (Wildman–Crippen LogP) is 3.62. The molecule has 1 fully saturated rings. The number of benzene rings is 2. The summed E-state index contributed by atoms with van der Waals surface area (Å²) >= 11 is 0. The van der Waals surface area contributed by atoms with E-state index < -0.39 is 0 Å². The first kappa shape index (κ1) is 20.1. The maximum absolute atomic E-state index is 12.7. The minimum atomic E-state index is -0.171. The summed E-state index contributed by atoms with van der Waals surface area (Å²) in [6, 6.07) is 14.8. The highest BCUT2D eigenvalue weighted by Gasteiger charge is 2.21. The van der Waals surface area contributed by atoms with Crippen molar-refractivity contribution in [2.45, 2.75) is 26.2 Å². The molecule has 2 amide bonds. The first-order chi connectivity index (χ1) is 13.3. The quantitative estimate of drug-likeness (QED) is 0.886. The minimum Gasteiger partial charge on any atom is -0.336 e. The highest BCUT2D eigenvalue weighted by Crippen LogP contribution is 2.29. The lowest BCUT2D eigenvalue weighted by molar-refractivity contribution is 0.0664. The molecule has 2 aromatic carbocycles. The number of para-hydroxylation sites is 1. The average molecular weight is 380 g/mol.